The van der Waals surface area contributed by atoms with E-state index in [1.54, 1.807) is 0 Å². The highest BCUT2D eigenvalue weighted by Gasteiger charge is 2.27. The van der Waals surface area contributed by atoms with E-state index in [1.807, 2.05) is 6.92 Å². The van der Waals surface area contributed by atoms with Crippen LogP contribution in [0.4, 0.5) is 0 Å². The second-order valence-corrected chi connectivity index (χ2v) is 6.48. The Labute approximate surface area is 108 Å². The van der Waals surface area contributed by atoms with E-state index in [2.05, 4.69) is 15.5 Å². The summed E-state index contributed by atoms with van der Waals surface area (Å²) < 4.78 is 26.2. The molecule has 0 spiro atoms. The molecular weight excluding hydrogens is 252 g/mol. The molecule has 0 unspecified atom stereocenters. The first-order chi connectivity index (χ1) is 8.64. The topological polar surface area (TPSA) is 78.1 Å². The molecule has 102 valence electrons. The minimum absolute atomic E-state index is 0.179. The lowest BCUT2D eigenvalue weighted by Crippen LogP contribution is -2.39. The van der Waals surface area contributed by atoms with Crippen molar-refractivity contribution in [3.05, 3.63) is 12.3 Å². The molecule has 2 rings (SSSR count). The van der Waals surface area contributed by atoms with Gasteiger partial charge in [-0.2, -0.15) is 9.40 Å². The van der Waals surface area contributed by atoms with Gasteiger partial charge in [-0.05, 0) is 37.9 Å². The molecule has 1 aromatic heterocycles. The fourth-order valence-electron chi connectivity index (χ4n) is 2.28. The van der Waals surface area contributed by atoms with Gasteiger partial charge in [-0.25, -0.2) is 8.42 Å². The Morgan fingerprint density at radius 1 is 1.44 bits per heavy atom. The number of hydrogen-bond acceptors (Lipinski definition) is 4. The first-order valence-corrected chi connectivity index (χ1v) is 7.79. The SMILES string of the molecule is CCN(CC1CCNCC1)S(=O)(=O)c1ccn[nH]1. The molecule has 18 heavy (non-hydrogen) atoms. The van der Waals surface area contributed by atoms with Crippen molar-refractivity contribution in [1.82, 2.24) is 19.8 Å². The molecule has 0 atom stereocenters. The Bertz CT molecular complexity index is 451. The van der Waals surface area contributed by atoms with Gasteiger partial charge in [0.1, 0.15) is 0 Å². The first-order valence-electron chi connectivity index (χ1n) is 6.35. The van der Waals surface area contributed by atoms with E-state index in [1.165, 1.54) is 16.6 Å². The molecule has 0 bridgehead atoms. The van der Waals surface area contributed by atoms with E-state index in [0.29, 0.717) is 19.0 Å². The zero-order valence-corrected chi connectivity index (χ0v) is 11.4. The molecule has 6 nitrogen and oxygen atoms in total. The highest BCUT2D eigenvalue weighted by molar-refractivity contribution is 7.89. The van der Waals surface area contributed by atoms with Gasteiger partial charge in [0.25, 0.3) is 10.0 Å². The third-order valence-corrected chi connectivity index (χ3v) is 5.24. The predicted octanol–water partition coefficient (Wildman–Crippen LogP) is 0.420. The van der Waals surface area contributed by atoms with E-state index in [4.69, 9.17) is 0 Å². The van der Waals surface area contributed by atoms with E-state index < -0.39 is 10.0 Å². The van der Waals surface area contributed by atoms with Gasteiger partial charge in [-0.15, -0.1) is 0 Å². The molecule has 1 saturated heterocycles. The summed E-state index contributed by atoms with van der Waals surface area (Å²) >= 11 is 0. The summed E-state index contributed by atoms with van der Waals surface area (Å²) in [7, 11) is -3.41. The van der Waals surface area contributed by atoms with E-state index >= 15 is 0 Å². The van der Waals surface area contributed by atoms with Gasteiger partial charge < -0.3 is 5.32 Å². The quantitative estimate of drug-likeness (QED) is 0.814. The van der Waals surface area contributed by atoms with Crippen LogP contribution in [0, 0.1) is 5.92 Å². The average molecular weight is 272 g/mol. The van der Waals surface area contributed by atoms with Crippen molar-refractivity contribution in [2.45, 2.75) is 24.8 Å². The van der Waals surface area contributed by atoms with Crippen LogP contribution in [0.2, 0.25) is 0 Å². The fourth-order valence-corrected chi connectivity index (χ4v) is 3.70. The van der Waals surface area contributed by atoms with Crippen molar-refractivity contribution < 1.29 is 8.42 Å². The maximum Gasteiger partial charge on any atom is 0.259 e. The smallest absolute Gasteiger partial charge is 0.259 e. The third-order valence-electron chi connectivity index (χ3n) is 3.37. The zero-order valence-electron chi connectivity index (χ0n) is 10.6. The Kier molecular flexibility index (Phi) is 4.36. The van der Waals surface area contributed by atoms with Crippen LogP contribution in [-0.2, 0) is 10.0 Å². The van der Waals surface area contributed by atoms with Gasteiger partial charge in [0.05, 0.1) is 6.20 Å². The summed E-state index contributed by atoms with van der Waals surface area (Å²) in [5.41, 5.74) is 0. The number of aromatic nitrogens is 2. The number of nitrogens with zero attached hydrogens (tertiary/aromatic N) is 2. The van der Waals surface area contributed by atoms with Gasteiger partial charge >= 0.3 is 0 Å². The molecule has 1 aromatic rings. The Morgan fingerprint density at radius 2 is 2.17 bits per heavy atom. The second-order valence-electron chi connectivity index (χ2n) is 4.57. The molecule has 1 fully saturated rings. The van der Waals surface area contributed by atoms with Crippen molar-refractivity contribution in [3.63, 3.8) is 0 Å². The molecule has 0 radical (unpaired) electrons. The molecule has 0 amide bonds. The lowest BCUT2D eigenvalue weighted by Gasteiger charge is -2.28. The minimum atomic E-state index is -3.41. The molecule has 1 aliphatic heterocycles. The van der Waals surface area contributed by atoms with E-state index in [9.17, 15) is 8.42 Å². The number of nitrogens with one attached hydrogen (secondary N) is 2. The van der Waals surface area contributed by atoms with Crippen LogP contribution in [0.15, 0.2) is 17.3 Å². The normalized spacial score (nSPS) is 18.3. The molecule has 0 saturated carbocycles. The lowest BCUT2D eigenvalue weighted by atomic mass is 9.98. The van der Waals surface area contributed by atoms with Crippen molar-refractivity contribution >= 4 is 10.0 Å². The number of rotatable bonds is 5. The second kappa shape index (κ2) is 5.81. The Hall–Kier alpha value is -0.920. The fraction of sp³-hybridized carbons (Fsp3) is 0.727. The summed E-state index contributed by atoms with van der Waals surface area (Å²) in [4.78, 5) is 0. The number of sulfonamides is 1. The van der Waals surface area contributed by atoms with Crippen molar-refractivity contribution in [2.75, 3.05) is 26.2 Å². The van der Waals surface area contributed by atoms with E-state index in [-0.39, 0.29) is 5.03 Å². The molecular formula is C11H20N4O2S. The van der Waals surface area contributed by atoms with Crippen molar-refractivity contribution in [2.24, 2.45) is 5.92 Å². The highest BCUT2D eigenvalue weighted by Crippen LogP contribution is 2.18. The largest absolute Gasteiger partial charge is 0.317 e. The van der Waals surface area contributed by atoms with Gasteiger partial charge in [0.15, 0.2) is 5.03 Å². The van der Waals surface area contributed by atoms with E-state index in [0.717, 1.165) is 25.9 Å². The summed E-state index contributed by atoms with van der Waals surface area (Å²) in [5, 5.41) is 9.72. The van der Waals surface area contributed by atoms with Crippen molar-refractivity contribution in [3.8, 4) is 0 Å². The molecule has 0 aliphatic carbocycles. The first kappa shape index (κ1) is 13.5. The van der Waals surface area contributed by atoms with Crippen LogP contribution in [0.25, 0.3) is 0 Å². The van der Waals surface area contributed by atoms with Gasteiger partial charge in [0.2, 0.25) is 0 Å². The van der Waals surface area contributed by atoms with Crippen LogP contribution in [0.5, 0.6) is 0 Å². The summed E-state index contributed by atoms with van der Waals surface area (Å²) in [6, 6.07) is 1.50. The summed E-state index contributed by atoms with van der Waals surface area (Å²) in [6.07, 6.45) is 3.54. The number of piperidine rings is 1. The molecule has 0 aromatic carbocycles. The number of aromatic amines is 1. The van der Waals surface area contributed by atoms with Gasteiger partial charge in [-0.1, -0.05) is 6.92 Å². The number of hydrogen-bond donors (Lipinski definition) is 2. The summed E-state index contributed by atoms with van der Waals surface area (Å²) in [6.45, 7) is 4.92. The van der Waals surface area contributed by atoms with Crippen LogP contribution in [-0.4, -0.2) is 49.1 Å². The van der Waals surface area contributed by atoms with Crippen molar-refractivity contribution in [1.29, 1.82) is 0 Å². The summed E-state index contributed by atoms with van der Waals surface area (Å²) in [5.74, 6) is 0.448. The highest BCUT2D eigenvalue weighted by atomic mass is 32.2. The molecule has 2 heterocycles. The molecule has 1 aliphatic rings. The van der Waals surface area contributed by atoms with Gasteiger partial charge in [0, 0.05) is 13.1 Å². The van der Waals surface area contributed by atoms with Crippen LogP contribution < -0.4 is 5.32 Å². The van der Waals surface area contributed by atoms with Gasteiger partial charge in [-0.3, -0.25) is 5.10 Å². The Balaban J connectivity index is 2.08. The monoisotopic (exact) mass is 272 g/mol. The maximum absolute atomic E-state index is 12.3. The average Bonchev–Trinajstić information content (AvgIpc) is 2.91. The van der Waals surface area contributed by atoms with Crippen LogP contribution in [0.3, 0.4) is 0 Å². The standard InChI is InChI=1S/C11H20N4O2S/c1-2-15(9-10-3-6-12-7-4-10)18(16,17)11-5-8-13-14-11/h5,8,10,12H,2-4,6-7,9H2,1H3,(H,13,14). The zero-order chi connectivity index (χ0) is 13.0. The molecule has 7 heteroatoms. The lowest BCUT2D eigenvalue weighted by molar-refractivity contribution is 0.294. The third kappa shape index (κ3) is 2.90. The van der Waals surface area contributed by atoms with Crippen LogP contribution >= 0.6 is 0 Å². The minimum Gasteiger partial charge on any atom is -0.317 e. The maximum atomic E-state index is 12.3. The number of H-pyrrole nitrogens is 1. The molecule has 2 N–H and O–H groups in total. The van der Waals surface area contributed by atoms with Crippen LogP contribution in [0.1, 0.15) is 19.8 Å². The predicted molar refractivity (Wildman–Crippen MR) is 68.6 cm³/mol. The Morgan fingerprint density at radius 3 is 2.72 bits per heavy atom.